The van der Waals surface area contributed by atoms with Gasteiger partial charge in [-0.2, -0.15) is 0 Å². The molecule has 1 heterocycles. The van der Waals surface area contributed by atoms with Crippen LogP contribution in [0.2, 0.25) is 0 Å². The van der Waals surface area contributed by atoms with Gasteiger partial charge in [0.05, 0.1) is 11.4 Å². The van der Waals surface area contributed by atoms with Crippen molar-refractivity contribution in [1.82, 2.24) is 0 Å². The van der Waals surface area contributed by atoms with Gasteiger partial charge < -0.3 is 0 Å². The topological polar surface area (TPSA) is 12.4 Å². The molecule has 1 heteroatoms. The number of fused-ring (bicyclic) bond motifs is 3. The molecule has 1 unspecified atom stereocenters. The van der Waals surface area contributed by atoms with Gasteiger partial charge in [0.25, 0.3) is 0 Å². The molecule has 61 valence electrons. The van der Waals surface area contributed by atoms with E-state index in [0.717, 1.165) is 11.4 Å². The summed E-state index contributed by atoms with van der Waals surface area (Å²) in [5.41, 5.74) is 3.44. The van der Waals surface area contributed by atoms with E-state index in [0.29, 0.717) is 5.92 Å². The van der Waals surface area contributed by atoms with Gasteiger partial charge in [0, 0.05) is 12.0 Å². The highest BCUT2D eigenvalue weighted by atomic mass is 14.8. The summed E-state index contributed by atoms with van der Waals surface area (Å²) < 4.78 is 0. The maximum Gasteiger partial charge on any atom is 0.0675 e. The first-order valence-corrected chi connectivity index (χ1v) is 4.39. The van der Waals surface area contributed by atoms with Crippen LogP contribution in [0.25, 0.3) is 0 Å². The van der Waals surface area contributed by atoms with Gasteiger partial charge in [-0.3, -0.25) is 4.99 Å². The maximum absolute atomic E-state index is 4.50. The fourth-order valence-electron chi connectivity index (χ4n) is 1.82. The number of hydrogen-bond acceptors (Lipinski definition) is 1. The van der Waals surface area contributed by atoms with Gasteiger partial charge in [0.15, 0.2) is 0 Å². The Hall–Kier alpha value is -1.63. The molecule has 0 fully saturated rings. The fraction of sp³-hybridized carbons (Fsp3) is 0.0833. The van der Waals surface area contributed by atoms with E-state index in [9.17, 15) is 0 Å². The standard InChI is InChI=1S/C12H8N/c1-3-7-11-9(5-1)10-6-2-4-8-12(10)13-11/h1-7,10H. The minimum absolute atomic E-state index is 0.348. The largest absolute Gasteiger partial charge is 0.252 e. The van der Waals surface area contributed by atoms with E-state index in [-0.39, 0.29) is 0 Å². The van der Waals surface area contributed by atoms with Crippen molar-refractivity contribution in [1.29, 1.82) is 0 Å². The van der Waals surface area contributed by atoms with Crippen molar-refractivity contribution in [3.05, 3.63) is 54.1 Å². The van der Waals surface area contributed by atoms with E-state index in [4.69, 9.17) is 0 Å². The van der Waals surface area contributed by atoms with Gasteiger partial charge in [-0.05, 0) is 11.6 Å². The molecule has 0 spiro atoms. The lowest BCUT2D eigenvalue weighted by atomic mass is 9.93. The van der Waals surface area contributed by atoms with Crippen LogP contribution in [-0.2, 0) is 0 Å². The Bertz CT molecular complexity index is 438. The smallest absolute Gasteiger partial charge is 0.0675 e. The quantitative estimate of drug-likeness (QED) is 0.562. The van der Waals surface area contributed by atoms with Crippen LogP contribution in [0.15, 0.2) is 47.5 Å². The minimum atomic E-state index is 0.348. The van der Waals surface area contributed by atoms with E-state index in [1.807, 2.05) is 18.2 Å². The van der Waals surface area contributed by atoms with Gasteiger partial charge in [-0.15, -0.1) is 0 Å². The Balaban J connectivity index is 2.22. The molecule has 1 atom stereocenters. The van der Waals surface area contributed by atoms with Crippen molar-refractivity contribution < 1.29 is 0 Å². The Kier molecular flexibility index (Phi) is 1.28. The fourth-order valence-corrected chi connectivity index (χ4v) is 1.82. The van der Waals surface area contributed by atoms with Crippen LogP contribution in [0.3, 0.4) is 0 Å². The Morgan fingerprint density at radius 2 is 2.15 bits per heavy atom. The summed E-state index contributed by atoms with van der Waals surface area (Å²) in [6, 6.07) is 8.26. The van der Waals surface area contributed by atoms with Crippen LogP contribution < -0.4 is 0 Å². The third-order valence-electron chi connectivity index (χ3n) is 2.44. The van der Waals surface area contributed by atoms with E-state index in [1.54, 1.807) is 0 Å². The van der Waals surface area contributed by atoms with Crippen LogP contribution >= 0.6 is 0 Å². The Morgan fingerprint density at radius 1 is 1.23 bits per heavy atom. The first kappa shape index (κ1) is 6.84. The molecule has 0 bridgehead atoms. The summed E-state index contributed by atoms with van der Waals surface area (Å²) in [6.07, 6.45) is 9.29. The number of allylic oxidation sites excluding steroid dienone is 4. The van der Waals surface area contributed by atoms with Crippen molar-refractivity contribution in [3.8, 4) is 0 Å². The number of aliphatic imine (C=N–C) groups is 1. The summed E-state index contributed by atoms with van der Waals surface area (Å²) in [5, 5.41) is 0. The van der Waals surface area contributed by atoms with Gasteiger partial charge in [0.1, 0.15) is 0 Å². The number of nitrogens with zero attached hydrogens (tertiary/aromatic N) is 1. The third-order valence-corrected chi connectivity index (χ3v) is 2.44. The third kappa shape index (κ3) is 0.903. The predicted octanol–water partition coefficient (Wildman–Crippen LogP) is 2.79. The summed E-state index contributed by atoms with van der Waals surface area (Å²) in [4.78, 5) is 4.50. The van der Waals surface area contributed by atoms with E-state index >= 15 is 0 Å². The number of benzene rings is 1. The van der Waals surface area contributed by atoms with Crippen molar-refractivity contribution in [3.63, 3.8) is 0 Å². The zero-order chi connectivity index (χ0) is 8.67. The number of para-hydroxylation sites is 1. The van der Waals surface area contributed by atoms with E-state index in [1.165, 1.54) is 5.56 Å². The SMILES string of the molecule is [C]1=CC=CC2C1=Nc1ccccc12. The van der Waals surface area contributed by atoms with Crippen molar-refractivity contribution >= 4 is 11.4 Å². The average Bonchev–Trinajstić information content (AvgIpc) is 2.56. The molecule has 13 heavy (non-hydrogen) atoms. The Labute approximate surface area is 77.1 Å². The van der Waals surface area contributed by atoms with Crippen LogP contribution in [0, 0.1) is 6.08 Å². The molecule has 0 saturated heterocycles. The number of hydrogen-bond donors (Lipinski definition) is 0. The zero-order valence-electron chi connectivity index (χ0n) is 7.07. The summed E-state index contributed by atoms with van der Waals surface area (Å²) >= 11 is 0. The highest BCUT2D eigenvalue weighted by Gasteiger charge is 2.23. The molecular formula is C12H8N. The molecule has 1 aromatic rings. The van der Waals surface area contributed by atoms with Crippen molar-refractivity contribution in [2.45, 2.75) is 5.92 Å². The molecule has 1 radical (unpaired) electrons. The zero-order valence-corrected chi connectivity index (χ0v) is 7.07. The molecule has 1 aliphatic heterocycles. The summed E-state index contributed by atoms with van der Waals surface area (Å²) in [5.74, 6) is 0.348. The molecule has 0 amide bonds. The Morgan fingerprint density at radius 3 is 3.15 bits per heavy atom. The second-order valence-electron chi connectivity index (χ2n) is 3.23. The van der Waals surface area contributed by atoms with Gasteiger partial charge in [-0.25, -0.2) is 0 Å². The van der Waals surface area contributed by atoms with Crippen molar-refractivity contribution in [2.75, 3.05) is 0 Å². The van der Waals surface area contributed by atoms with Crippen LogP contribution in [0.5, 0.6) is 0 Å². The first-order valence-electron chi connectivity index (χ1n) is 4.39. The van der Waals surface area contributed by atoms with E-state index in [2.05, 4.69) is 35.3 Å². The lowest BCUT2D eigenvalue weighted by Crippen LogP contribution is -2.05. The second-order valence-corrected chi connectivity index (χ2v) is 3.23. The molecule has 1 aliphatic carbocycles. The molecule has 1 aromatic carbocycles. The average molecular weight is 166 g/mol. The molecule has 1 nitrogen and oxygen atoms in total. The maximum atomic E-state index is 4.50. The highest BCUT2D eigenvalue weighted by Crippen LogP contribution is 2.37. The highest BCUT2D eigenvalue weighted by molar-refractivity contribution is 6.05. The summed E-state index contributed by atoms with van der Waals surface area (Å²) in [7, 11) is 0. The monoisotopic (exact) mass is 166 g/mol. The molecule has 0 N–H and O–H groups in total. The molecule has 0 saturated carbocycles. The minimum Gasteiger partial charge on any atom is -0.252 e. The molecule has 0 aromatic heterocycles. The normalized spacial score (nSPS) is 22.5. The second kappa shape index (κ2) is 2.43. The molecule has 3 rings (SSSR count). The van der Waals surface area contributed by atoms with Gasteiger partial charge in [-0.1, -0.05) is 36.4 Å². The van der Waals surface area contributed by atoms with Crippen LogP contribution in [-0.4, -0.2) is 5.71 Å². The lowest BCUT2D eigenvalue weighted by Gasteiger charge is -2.08. The lowest BCUT2D eigenvalue weighted by molar-refractivity contribution is 1.18. The number of rotatable bonds is 0. The predicted molar refractivity (Wildman–Crippen MR) is 53.2 cm³/mol. The molecular weight excluding hydrogens is 158 g/mol. The first-order chi connectivity index (χ1) is 6.45. The summed E-state index contributed by atoms with van der Waals surface area (Å²) in [6.45, 7) is 0. The van der Waals surface area contributed by atoms with Crippen LogP contribution in [0.4, 0.5) is 5.69 Å². The molecule has 2 aliphatic rings. The van der Waals surface area contributed by atoms with Gasteiger partial charge >= 0.3 is 0 Å². The van der Waals surface area contributed by atoms with Gasteiger partial charge in [0.2, 0.25) is 0 Å². The van der Waals surface area contributed by atoms with E-state index < -0.39 is 0 Å². The van der Waals surface area contributed by atoms with Crippen LogP contribution in [0.1, 0.15) is 11.5 Å². The van der Waals surface area contributed by atoms with Crippen molar-refractivity contribution in [2.24, 2.45) is 4.99 Å².